The van der Waals surface area contributed by atoms with Crippen LogP contribution in [0.4, 0.5) is 0 Å². The van der Waals surface area contributed by atoms with Crippen molar-refractivity contribution in [1.82, 2.24) is 10.2 Å². The van der Waals surface area contributed by atoms with Crippen LogP contribution >= 0.6 is 0 Å². The highest BCUT2D eigenvalue weighted by molar-refractivity contribution is 7.85. The van der Waals surface area contributed by atoms with E-state index in [2.05, 4.69) is 5.32 Å². The van der Waals surface area contributed by atoms with Crippen molar-refractivity contribution in [2.75, 3.05) is 31.9 Å². The van der Waals surface area contributed by atoms with Crippen LogP contribution < -0.4 is 5.32 Å². The maximum Gasteiger partial charge on any atom is 0.322 e. The predicted octanol–water partition coefficient (Wildman–Crippen LogP) is -1.38. The highest BCUT2D eigenvalue weighted by Crippen LogP contribution is 2.01. The van der Waals surface area contributed by atoms with Crippen LogP contribution in [0, 0.1) is 0 Å². The SMILES string of the molecule is O=C(O)C1CN(CCCS(=O)(=O)O)CCN1. The van der Waals surface area contributed by atoms with Crippen LogP contribution in [0.5, 0.6) is 0 Å². The molecule has 0 radical (unpaired) electrons. The Bertz CT molecular complexity index is 342. The van der Waals surface area contributed by atoms with Crippen molar-refractivity contribution in [3.63, 3.8) is 0 Å². The van der Waals surface area contributed by atoms with Gasteiger partial charge in [-0.2, -0.15) is 8.42 Å². The predicted molar refractivity (Wildman–Crippen MR) is 56.9 cm³/mol. The molecule has 0 spiro atoms. The van der Waals surface area contributed by atoms with Gasteiger partial charge in [0, 0.05) is 19.6 Å². The van der Waals surface area contributed by atoms with Gasteiger partial charge in [-0.15, -0.1) is 0 Å². The Hall–Kier alpha value is -0.700. The number of aliphatic carboxylic acids is 1. The van der Waals surface area contributed by atoms with Crippen LogP contribution in [0.2, 0.25) is 0 Å². The van der Waals surface area contributed by atoms with E-state index in [-0.39, 0.29) is 5.75 Å². The minimum atomic E-state index is -3.91. The molecule has 1 rings (SSSR count). The van der Waals surface area contributed by atoms with Crippen LogP contribution in [0.15, 0.2) is 0 Å². The Kier molecular flexibility index (Phi) is 4.66. The zero-order chi connectivity index (χ0) is 12.2. The lowest BCUT2D eigenvalue weighted by Crippen LogP contribution is -2.54. The molecule has 0 aromatic heterocycles. The lowest BCUT2D eigenvalue weighted by molar-refractivity contribution is -0.140. The molecule has 0 bridgehead atoms. The number of carboxylic acids is 1. The molecular formula is C8H16N2O5S. The number of nitrogens with zero attached hydrogens (tertiary/aromatic N) is 1. The number of rotatable bonds is 5. The second kappa shape index (κ2) is 5.58. The van der Waals surface area contributed by atoms with E-state index >= 15 is 0 Å². The molecule has 1 aliphatic rings. The monoisotopic (exact) mass is 252 g/mol. The molecule has 1 heterocycles. The first-order valence-corrected chi connectivity index (χ1v) is 6.63. The second-order valence-corrected chi connectivity index (χ2v) is 5.36. The summed E-state index contributed by atoms with van der Waals surface area (Å²) in [5, 5.41) is 11.6. The summed E-state index contributed by atoms with van der Waals surface area (Å²) in [6.07, 6.45) is 0.311. The lowest BCUT2D eigenvalue weighted by Gasteiger charge is -2.31. The zero-order valence-corrected chi connectivity index (χ0v) is 9.61. The van der Waals surface area contributed by atoms with Gasteiger partial charge in [-0.05, 0) is 13.0 Å². The molecule has 1 fully saturated rings. The Morgan fingerprint density at radius 2 is 2.19 bits per heavy atom. The first kappa shape index (κ1) is 13.4. The molecule has 0 saturated carbocycles. The van der Waals surface area contributed by atoms with E-state index in [9.17, 15) is 13.2 Å². The summed E-state index contributed by atoms with van der Waals surface area (Å²) in [6.45, 7) is 2.10. The summed E-state index contributed by atoms with van der Waals surface area (Å²) in [6, 6.07) is -0.598. The van der Waals surface area contributed by atoms with Crippen LogP contribution in [-0.2, 0) is 14.9 Å². The largest absolute Gasteiger partial charge is 0.480 e. The molecule has 0 aliphatic carbocycles. The molecule has 1 unspecified atom stereocenters. The van der Waals surface area contributed by atoms with Gasteiger partial charge in [0.15, 0.2) is 0 Å². The van der Waals surface area contributed by atoms with E-state index in [1.807, 2.05) is 4.90 Å². The van der Waals surface area contributed by atoms with Crippen molar-refractivity contribution in [3.8, 4) is 0 Å². The third-order valence-electron chi connectivity index (χ3n) is 2.43. The van der Waals surface area contributed by atoms with E-state index in [4.69, 9.17) is 9.66 Å². The third-order valence-corrected chi connectivity index (χ3v) is 3.24. The fourth-order valence-electron chi connectivity index (χ4n) is 1.65. The highest BCUT2D eigenvalue weighted by Gasteiger charge is 2.24. The topological polar surface area (TPSA) is 107 Å². The van der Waals surface area contributed by atoms with Crippen LogP contribution in [0.3, 0.4) is 0 Å². The van der Waals surface area contributed by atoms with Gasteiger partial charge in [0.05, 0.1) is 5.75 Å². The number of hydrogen-bond acceptors (Lipinski definition) is 5. The molecular weight excluding hydrogens is 236 g/mol. The van der Waals surface area contributed by atoms with Gasteiger partial charge in [0.2, 0.25) is 0 Å². The maximum atomic E-state index is 10.7. The molecule has 1 saturated heterocycles. The molecule has 0 aromatic rings. The maximum absolute atomic E-state index is 10.7. The van der Waals surface area contributed by atoms with Gasteiger partial charge in [0.25, 0.3) is 10.1 Å². The van der Waals surface area contributed by atoms with Gasteiger partial charge in [0.1, 0.15) is 6.04 Å². The summed E-state index contributed by atoms with van der Waals surface area (Å²) in [7, 11) is -3.91. The van der Waals surface area contributed by atoms with Crippen molar-refractivity contribution >= 4 is 16.1 Å². The smallest absolute Gasteiger partial charge is 0.322 e. The van der Waals surface area contributed by atoms with Crippen molar-refractivity contribution in [1.29, 1.82) is 0 Å². The Morgan fingerprint density at radius 3 is 2.75 bits per heavy atom. The standard InChI is InChI=1S/C8H16N2O5S/c11-8(12)7-6-10(4-2-9-7)3-1-5-16(13,14)15/h7,9H,1-6H2,(H,11,12)(H,13,14,15). The molecule has 3 N–H and O–H groups in total. The fourth-order valence-corrected chi connectivity index (χ4v) is 2.14. The van der Waals surface area contributed by atoms with Crippen molar-refractivity contribution in [3.05, 3.63) is 0 Å². The quantitative estimate of drug-likeness (QED) is 0.518. The van der Waals surface area contributed by atoms with Gasteiger partial charge in [-0.25, -0.2) is 0 Å². The molecule has 1 aliphatic heterocycles. The zero-order valence-electron chi connectivity index (χ0n) is 8.79. The third kappa shape index (κ3) is 4.88. The summed E-state index contributed by atoms with van der Waals surface area (Å²) in [4.78, 5) is 12.6. The molecule has 16 heavy (non-hydrogen) atoms. The number of hydrogen-bond donors (Lipinski definition) is 3. The Balaban J connectivity index is 2.30. The van der Waals surface area contributed by atoms with E-state index in [0.717, 1.165) is 0 Å². The average Bonchev–Trinajstić information content (AvgIpc) is 2.16. The molecule has 0 aromatic carbocycles. The molecule has 8 heteroatoms. The van der Waals surface area contributed by atoms with Gasteiger partial charge in [-0.3, -0.25) is 14.2 Å². The van der Waals surface area contributed by atoms with Crippen molar-refractivity contribution < 1.29 is 22.9 Å². The Morgan fingerprint density at radius 1 is 1.50 bits per heavy atom. The first-order chi connectivity index (χ1) is 7.38. The van der Waals surface area contributed by atoms with Gasteiger partial charge in [-0.1, -0.05) is 0 Å². The number of nitrogens with one attached hydrogen (secondary N) is 1. The average molecular weight is 252 g/mol. The normalized spacial score (nSPS) is 23.2. The van der Waals surface area contributed by atoms with Crippen LogP contribution in [0.25, 0.3) is 0 Å². The van der Waals surface area contributed by atoms with Crippen molar-refractivity contribution in [2.45, 2.75) is 12.5 Å². The molecule has 1 atom stereocenters. The summed E-state index contributed by atoms with van der Waals surface area (Å²) >= 11 is 0. The lowest BCUT2D eigenvalue weighted by atomic mass is 10.2. The molecule has 7 nitrogen and oxygen atoms in total. The van der Waals surface area contributed by atoms with E-state index in [1.165, 1.54) is 0 Å². The summed E-state index contributed by atoms with van der Waals surface area (Å²) in [5.41, 5.74) is 0. The highest BCUT2D eigenvalue weighted by atomic mass is 32.2. The van der Waals surface area contributed by atoms with Crippen LogP contribution in [0.1, 0.15) is 6.42 Å². The minimum absolute atomic E-state index is 0.283. The number of carboxylic acid groups (broad SMARTS) is 1. The molecule has 0 amide bonds. The Labute approximate surface area is 94.2 Å². The van der Waals surface area contributed by atoms with Gasteiger partial charge < -0.3 is 10.4 Å². The number of carbonyl (C=O) groups is 1. The van der Waals surface area contributed by atoms with E-state index < -0.39 is 22.1 Å². The van der Waals surface area contributed by atoms with Gasteiger partial charge >= 0.3 is 5.97 Å². The molecule has 94 valence electrons. The number of piperazine rings is 1. The minimum Gasteiger partial charge on any atom is -0.480 e. The van der Waals surface area contributed by atoms with E-state index in [0.29, 0.717) is 32.6 Å². The summed E-state index contributed by atoms with van der Waals surface area (Å²) in [5.74, 6) is -1.19. The van der Waals surface area contributed by atoms with Crippen molar-refractivity contribution in [2.24, 2.45) is 0 Å². The second-order valence-electron chi connectivity index (χ2n) is 3.79. The first-order valence-electron chi connectivity index (χ1n) is 5.02. The van der Waals surface area contributed by atoms with Crippen LogP contribution in [-0.4, -0.2) is 66.9 Å². The van der Waals surface area contributed by atoms with E-state index in [1.54, 1.807) is 0 Å². The summed E-state index contributed by atoms with van der Waals surface area (Å²) < 4.78 is 29.5. The fraction of sp³-hybridized carbons (Fsp3) is 0.875.